The van der Waals surface area contributed by atoms with Crippen LogP contribution in [0.15, 0.2) is 28.9 Å². The van der Waals surface area contributed by atoms with E-state index in [-0.39, 0.29) is 39.1 Å². The van der Waals surface area contributed by atoms with Crippen LogP contribution in [0.25, 0.3) is 22.5 Å². The van der Waals surface area contributed by atoms with Crippen molar-refractivity contribution in [3.05, 3.63) is 52.6 Å². The monoisotopic (exact) mass is 394 g/mol. The van der Waals surface area contributed by atoms with E-state index in [1.54, 1.807) is 6.92 Å². The minimum Gasteiger partial charge on any atom is -0.465 e. The van der Waals surface area contributed by atoms with Gasteiger partial charge in [0.25, 0.3) is 0 Å². The van der Waals surface area contributed by atoms with Gasteiger partial charge in [0.05, 0.1) is 17.3 Å². The first kappa shape index (κ1) is 18.7. The van der Waals surface area contributed by atoms with Crippen LogP contribution in [0.1, 0.15) is 24.6 Å². The summed E-state index contributed by atoms with van der Waals surface area (Å²) >= 11 is 5.95. The number of aromatic nitrogens is 3. The molecule has 0 saturated carbocycles. The average Bonchev–Trinajstić information content (AvgIpc) is 2.99. The predicted molar refractivity (Wildman–Crippen MR) is 92.2 cm³/mol. The number of rotatable bonds is 4. The molecule has 0 fully saturated rings. The number of amides is 1. The first-order chi connectivity index (χ1) is 12.8. The van der Waals surface area contributed by atoms with E-state index in [0.29, 0.717) is 0 Å². The summed E-state index contributed by atoms with van der Waals surface area (Å²) in [6, 6.07) is 2.76. The molecule has 10 heteroatoms. The highest BCUT2D eigenvalue weighted by atomic mass is 35.5. The van der Waals surface area contributed by atoms with Gasteiger partial charge in [-0.15, -0.1) is 0 Å². The summed E-state index contributed by atoms with van der Waals surface area (Å²) in [7, 11) is 0. The summed E-state index contributed by atoms with van der Waals surface area (Å²) in [6.07, 6.45) is -0.0144. The maximum absolute atomic E-state index is 14.5. The molecule has 0 aliphatic rings. The SMILES string of the molecule is Cc1nc(-c2c(F)cc(Cl)cc2-c2cnc([C@@H](C)NC(=O)O)c(F)c2)no1. The molecule has 1 atom stereocenters. The molecule has 3 rings (SSSR count). The topological polar surface area (TPSA) is 101 Å². The molecule has 1 amide bonds. The van der Waals surface area contributed by atoms with Crippen molar-refractivity contribution in [2.45, 2.75) is 19.9 Å². The number of hydrogen-bond acceptors (Lipinski definition) is 5. The van der Waals surface area contributed by atoms with Crippen LogP contribution in [0.2, 0.25) is 5.02 Å². The van der Waals surface area contributed by atoms with Crippen LogP contribution in [0, 0.1) is 18.6 Å². The van der Waals surface area contributed by atoms with Gasteiger partial charge in [-0.1, -0.05) is 16.8 Å². The second kappa shape index (κ2) is 7.28. The molecule has 3 aromatic rings. The Labute approximate surface area is 157 Å². The molecule has 1 aromatic carbocycles. The van der Waals surface area contributed by atoms with Crippen LogP contribution in [0.4, 0.5) is 13.6 Å². The summed E-state index contributed by atoms with van der Waals surface area (Å²) in [5.41, 5.74) is 0.331. The lowest BCUT2D eigenvalue weighted by Crippen LogP contribution is -2.26. The van der Waals surface area contributed by atoms with Crippen LogP contribution in [0.3, 0.4) is 0 Å². The molecule has 0 unspecified atom stereocenters. The lowest BCUT2D eigenvalue weighted by Gasteiger charge is -2.14. The minimum atomic E-state index is -1.31. The van der Waals surface area contributed by atoms with Crippen molar-refractivity contribution < 1.29 is 23.2 Å². The van der Waals surface area contributed by atoms with Gasteiger partial charge < -0.3 is 14.9 Å². The molecular weight excluding hydrogens is 382 g/mol. The van der Waals surface area contributed by atoms with E-state index in [1.807, 2.05) is 0 Å². The van der Waals surface area contributed by atoms with Crippen molar-refractivity contribution in [1.29, 1.82) is 0 Å². The predicted octanol–water partition coefficient (Wildman–Crippen LogP) is 4.37. The maximum Gasteiger partial charge on any atom is 0.405 e. The Balaban J connectivity index is 2.11. The molecule has 27 heavy (non-hydrogen) atoms. The van der Waals surface area contributed by atoms with Crippen LogP contribution in [-0.4, -0.2) is 26.3 Å². The molecule has 7 nitrogen and oxygen atoms in total. The average molecular weight is 395 g/mol. The number of aryl methyl sites for hydroxylation is 1. The highest BCUT2D eigenvalue weighted by Gasteiger charge is 2.21. The Morgan fingerprint density at radius 1 is 1.30 bits per heavy atom. The van der Waals surface area contributed by atoms with E-state index in [1.165, 1.54) is 19.2 Å². The first-order valence-electron chi connectivity index (χ1n) is 7.71. The molecule has 140 valence electrons. The summed E-state index contributed by atoms with van der Waals surface area (Å²) in [5, 5.41) is 14.7. The number of hydrogen-bond donors (Lipinski definition) is 2. The third-order valence-corrected chi connectivity index (χ3v) is 3.96. The maximum atomic E-state index is 14.5. The highest BCUT2D eigenvalue weighted by Crippen LogP contribution is 2.36. The summed E-state index contributed by atoms with van der Waals surface area (Å²) in [5.74, 6) is -1.24. The van der Waals surface area contributed by atoms with E-state index in [2.05, 4.69) is 20.4 Å². The Morgan fingerprint density at radius 2 is 2.04 bits per heavy atom. The fourth-order valence-electron chi connectivity index (χ4n) is 2.60. The van der Waals surface area contributed by atoms with Gasteiger partial charge in [0.1, 0.15) is 11.6 Å². The number of carboxylic acid groups (broad SMARTS) is 1. The molecule has 0 aliphatic heterocycles. The van der Waals surface area contributed by atoms with Crippen LogP contribution in [-0.2, 0) is 0 Å². The third-order valence-electron chi connectivity index (χ3n) is 3.74. The van der Waals surface area contributed by atoms with Crippen molar-refractivity contribution in [2.75, 3.05) is 0 Å². The van der Waals surface area contributed by atoms with Crippen molar-refractivity contribution in [3.63, 3.8) is 0 Å². The van der Waals surface area contributed by atoms with Gasteiger partial charge in [0.2, 0.25) is 11.7 Å². The van der Waals surface area contributed by atoms with Gasteiger partial charge in [-0.2, -0.15) is 4.98 Å². The highest BCUT2D eigenvalue weighted by molar-refractivity contribution is 6.31. The van der Waals surface area contributed by atoms with E-state index in [0.717, 1.165) is 12.1 Å². The number of pyridine rings is 1. The molecule has 2 aromatic heterocycles. The van der Waals surface area contributed by atoms with Crippen molar-refractivity contribution in [3.8, 4) is 22.5 Å². The smallest absolute Gasteiger partial charge is 0.405 e. The van der Waals surface area contributed by atoms with Gasteiger partial charge in [-0.3, -0.25) is 4.98 Å². The number of halogens is 3. The first-order valence-corrected chi connectivity index (χ1v) is 8.09. The van der Waals surface area contributed by atoms with Gasteiger partial charge in [0, 0.05) is 23.7 Å². The quantitative estimate of drug-likeness (QED) is 0.681. The summed E-state index contributed by atoms with van der Waals surface area (Å²) < 4.78 is 33.9. The van der Waals surface area contributed by atoms with E-state index >= 15 is 0 Å². The van der Waals surface area contributed by atoms with Crippen molar-refractivity contribution in [1.82, 2.24) is 20.4 Å². The summed E-state index contributed by atoms with van der Waals surface area (Å²) in [6.45, 7) is 3.00. The zero-order valence-corrected chi connectivity index (χ0v) is 14.9. The molecule has 0 radical (unpaired) electrons. The van der Waals surface area contributed by atoms with Crippen molar-refractivity contribution >= 4 is 17.7 Å². The second-order valence-electron chi connectivity index (χ2n) is 5.71. The van der Waals surface area contributed by atoms with Crippen LogP contribution >= 0.6 is 11.6 Å². The van der Waals surface area contributed by atoms with Crippen LogP contribution < -0.4 is 5.32 Å². The molecular formula is C17H13ClF2N4O3. The Kier molecular flexibility index (Phi) is 5.04. The zero-order valence-electron chi connectivity index (χ0n) is 14.1. The molecule has 0 spiro atoms. The molecule has 2 heterocycles. The number of nitrogens with one attached hydrogen (secondary N) is 1. The van der Waals surface area contributed by atoms with Gasteiger partial charge in [-0.05, 0) is 30.7 Å². The zero-order chi connectivity index (χ0) is 19.7. The molecule has 0 bridgehead atoms. The molecule has 0 saturated heterocycles. The standard InChI is InChI=1S/C17H13ClF2N4O3/c1-7(22-17(25)26)15-13(20)3-9(6-21-15)11-4-10(18)5-12(19)14(11)16-23-8(2)27-24-16/h3-7,22H,1-2H3,(H,25,26)/t7-/m1/s1. The largest absolute Gasteiger partial charge is 0.465 e. The van der Waals surface area contributed by atoms with Crippen molar-refractivity contribution in [2.24, 2.45) is 0 Å². The number of carbonyl (C=O) groups is 1. The molecule has 2 N–H and O–H groups in total. The Morgan fingerprint density at radius 3 is 2.63 bits per heavy atom. The Hall–Kier alpha value is -3.07. The number of nitrogens with zero attached hydrogens (tertiary/aromatic N) is 3. The van der Waals surface area contributed by atoms with Gasteiger partial charge in [-0.25, -0.2) is 13.6 Å². The lowest BCUT2D eigenvalue weighted by atomic mass is 9.99. The Bertz CT molecular complexity index is 1030. The normalized spacial score (nSPS) is 12.0. The molecule has 0 aliphatic carbocycles. The van der Waals surface area contributed by atoms with Gasteiger partial charge >= 0.3 is 6.09 Å². The van der Waals surface area contributed by atoms with E-state index < -0.39 is 23.8 Å². The van der Waals surface area contributed by atoms with Gasteiger partial charge in [0.15, 0.2) is 0 Å². The fraction of sp³-hybridized carbons (Fsp3) is 0.176. The summed E-state index contributed by atoms with van der Waals surface area (Å²) in [4.78, 5) is 18.7. The lowest BCUT2D eigenvalue weighted by molar-refractivity contribution is 0.190. The van der Waals surface area contributed by atoms with E-state index in [4.69, 9.17) is 21.2 Å². The second-order valence-corrected chi connectivity index (χ2v) is 6.15. The third kappa shape index (κ3) is 3.87. The van der Waals surface area contributed by atoms with E-state index in [9.17, 15) is 13.6 Å². The fourth-order valence-corrected chi connectivity index (χ4v) is 2.80. The van der Waals surface area contributed by atoms with Crippen LogP contribution in [0.5, 0.6) is 0 Å². The minimum absolute atomic E-state index is 0.0120. The number of benzene rings is 1.